The van der Waals surface area contributed by atoms with Crippen LogP contribution in [0.25, 0.3) is 10.4 Å². The van der Waals surface area contributed by atoms with Gasteiger partial charge in [-0.15, -0.1) is 11.3 Å². The number of carboxylic acid groups (broad SMARTS) is 1. The summed E-state index contributed by atoms with van der Waals surface area (Å²) in [7, 11) is 0. The van der Waals surface area contributed by atoms with Crippen molar-refractivity contribution < 1.29 is 9.90 Å². The summed E-state index contributed by atoms with van der Waals surface area (Å²) in [4.78, 5) is 17.7. The van der Waals surface area contributed by atoms with Crippen LogP contribution < -0.4 is 5.32 Å². The van der Waals surface area contributed by atoms with Crippen molar-refractivity contribution >= 4 is 17.3 Å². The summed E-state index contributed by atoms with van der Waals surface area (Å²) in [6, 6.07) is -0.848. The zero-order valence-corrected chi connectivity index (χ0v) is 9.44. The lowest BCUT2D eigenvalue weighted by Crippen LogP contribution is -2.30. The lowest BCUT2D eigenvalue weighted by atomic mass is 10.2. The Morgan fingerprint density at radius 3 is 3.12 bits per heavy atom. The Hall–Kier alpha value is -1.63. The van der Waals surface area contributed by atoms with Gasteiger partial charge in [-0.25, -0.2) is 4.98 Å². The molecule has 0 amide bonds. The molecule has 8 heteroatoms. The SMILES string of the molecule is Cc1nc(C(NCCN=[N+]=[N-])C(=O)O)cs1. The number of carboxylic acids is 1. The van der Waals surface area contributed by atoms with Crippen molar-refractivity contribution in [3.8, 4) is 0 Å². The third-order valence-electron chi connectivity index (χ3n) is 1.80. The highest BCUT2D eigenvalue weighted by atomic mass is 32.1. The van der Waals surface area contributed by atoms with E-state index in [1.807, 2.05) is 6.92 Å². The Morgan fingerprint density at radius 2 is 2.62 bits per heavy atom. The van der Waals surface area contributed by atoms with Gasteiger partial charge < -0.3 is 5.11 Å². The molecular weight excluding hydrogens is 230 g/mol. The maximum Gasteiger partial charge on any atom is 0.327 e. The first-order chi connectivity index (χ1) is 7.65. The number of aliphatic carboxylic acids is 1. The largest absolute Gasteiger partial charge is 0.480 e. The summed E-state index contributed by atoms with van der Waals surface area (Å²) >= 11 is 1.40. The van der Waals surface area contributed by atoms with Crippen molar-refractivity contribution in [2.75, 3.05) is 13.1 Å². The van der Waals surface area contributed by atoms with E-state index in [4.69, 9.17) is 10.6 Å². The highest BCUT2D eigenvalue weighted by Gasteiger charge is 2.21. The van der Waals surface area contributed by atoms with Crippen molar-refractivity contribution in [3.05, 3.63) is 26.5 Å². The molecule has 0 bridgehead atoms. The Morgan fingerprint density at radius 1 is 1.88 bits per heavy atom. The third-order valence-corrected chi connectivity index (χ3v) is 2.59. The first-order valence-corrected chi connectivity index (χ1v) is 5.42. The maximum absolute atomic E-state index is 11.0. The summed E-state index contributed by atoms with van der Waals surface area (Å²) in [5.74, 6) is -0.994. The monoisotopic (exact) mass is 241 g/mol. The molecular formula is C8H11N5O2S. The summed E-state index contributed by atoms with van der Waals surface area (Å²) in [5, 5.41) is 17.6. The van der Waals surface area contributed by atoms with E-state index in [0.29, 0.717) is 12.2 Å². The number of thiazole rings is 1. The summed E-state index contributed by atoms with van der Waals surface area (Å²) < 4.78 is 0. The molecule has 2 N–H and O–H groups in total. The number of carbonyl (C=O) groups is 1. The minimum atomic E-state index is -0.994. The third kappa shape index (κ3) is 3.50. The van der Waals surface area contributed by atoms with Crippen molar-refractivity contribution in [1.82, 2.24) is 10.3 Å². The van der Waals surface area contributed by atoms with Gasteiger partial charge in [0.2, 0.25) is 0 Å². The van der Waals surface area contributed by atoms with Crippen LogP contribution in [-0.4, -0.2) is 29.1 Å². The van der Waals surface area contributed by atoms with Crippen molar-refractivity contribution in [1.29, 1.82) is 0 Å². The molecule has 0 aliphatic heterocycles. The summed E-state index contributed by atoms with van der Waals surface area (Å²) in [6.45, 7) is 2.33. The second kappa shape index (κ2) is 6.06. The quantitative estimate of drug-likeness (QED) is 0.340. The first-order valence-electron chi connectivity index (χ1n) is 4.54. The molecule has 1 unspecified atom stereocenters. The molecule has 0 saturated heterocycles. The minimum Gasteiger partial charge on any atom is -0.480 e. The van der Waals surface area contributed by atoms with Gasteiger partial charge in [-0.3, -0.25) is 10.1 Å². The second-order valence-electron chi connectivity index (χ2n) is 2.97. The molecule has 1 heterocycles. The summed E-state index contributed by atoms with van der Waals surface area (Å²) in [6.07, 6.45) is 0. The van der Waals surface area contributed by atoms with Crippen LogP contribution in [0.3, 0.4) is 0 Å². The van der Waals surface area contributed by atoms with Gasteiger partial charge >= 0.3 is 5.97 Å². The van der Waals surface area contributed by atoms with Gasteiger partial charge in [-0.1, -0.05) is 5.11 Å². The highest BCUT2D eigenvalue weighted by Crippen LogP contribution is 2.16. The zero-order chi connectivity index (χ0) is 12.0. The van der Waals surface area contributed by atoms with E-state index in [9.17, 15) is 4.79 Å². The molecule has 1 aromatic rings. The number of aryl methyl sites for hydroxylation is 1. The number of hydrogen-bond donors (Lipinski definition) is 2. The van der Waals surface area contributed by atoms with Crippen LogP contribution in [0.4, 0.5) is 0 Å². The lowest BCUT2D eigenvalue weighted by Gasteiger charge is -2.10. The van der Waals surface area contributed by atoms with Crippen molar-refractivity contribution in [2.45, 2.75) is 13.0 Å². The number of azide groups is 1. The maximum atomic E-state index is 11.0. The topological polar surface area (TPSA) is 111 Å². The van der Waals surface area contributed by atoms with Crippen LogP contribution in [0.2, 0.25) is 0 Å². The molecule has 0 saturated carbocycles. The summed E-state index contributed by atoms with van der Waals surface area (Å²) in [5.41, 5.74) is 8.55. The van der Waals surface area contributed by atoms with Gasteiger partial charge in [0.25, 0.3) is 0 Å². The normalized spacial score (nSPS) is 11.8. The minimum absolute atomic E-state index is 0.212. The van der Waals surface area contributed by atoms with E-state index in [0.717, 1.165) is 5.01 Å². The fourth-order valence-corrected chi connectivity index (χ4v) is 1.77. The van der Waals surface area contributed by atoms with Crippen molar-refractivity contribution in [2.24, 2.45) is 5.11 Å². The van der Waals surface area contributed by atoms with Gasteiger partial charge in [-0.05, 0) is 12.5 Å². The van der Waals surface area contributed by atoms with Crippen LogP contribution in [0.1, 0.15) is 16.7 Å². The van der Waals surface area contributed by atoms with E-state index >= 15 is 0 Å². The number of aromatic nitrogens is 1. The van der Waals surface area contributed by atoms with E-state index in [2.05, 4.69) is 20.3 Å². The van der Waals surface area contributed by atoms with Crippen molar-refractivity contribution in [3.63, 3.8) is 0 Å². The fraction of sp³-hybridized carbons (Fsp3) is 0.500. The number of rotatable bonds is 6. The van der Waals surface area contributed by atoms with Gasteiger partial charge in [-0.2, -0.15) is 0 Å². The average Bonchev–Trinajstić information content (AvgIpc) is 2.64. The predicted octanol–water partition coefficient (Wildman–Crippen LogP) is 1.48. The Balaban J connectivity index is 2.61. The molecule has 0 aliphatic rings. The van der Waals surface area contributed by atoms with E-state index in [1.165, 1.54) is 11.3 Å². The predicted molar refractivity (Wildman–Crippen MR) is 59.2 cm³/mol. The Labute approximate surface area is 95.8 Å². The Bertz CT molecular complexity index is 412. The van der Waals surface area contributed by atoms with Crippen LogP contribution in [-0.2, 0) is 4.79 Å². The molecule has 86 valence electrons. The van der Waals surface area contributed by atoms with E-state index in [-0.39, 0.29) is 6.54 Å². The molecule has 0 aliphatic carbocycles. The van der Waals surface area contributed by atoms with Crippen LogP contribution in [0.15, 0.2) is 10.5 Å². The van der Waals surface area contributed by atoms with Crippen LogP contribution in [0.5, 0.6) is 0 Å². The molecule has 1 aromatic heterocycles. The Kier molecular flexibility index (Phi) is 4.71. The lowest BCUT2D eigenvalue weighted by molar-refractivity contribution is -0.139. The van der Waals surface area contributed by atoms with Crippen LogP contribution in [0, 0.1) is 6.92 Å². The second-order valence-corrected chi connectivity index (χ2v) is 4.03. The molecule has 0 aromatic carbocycles. The first kappa shape index (κ1) is 12.4. The van der Waals surface area contributed by atoms with Gasteiger partial charge in [0.15, 0.2) is 0 Å². The number of nitrogens with one attached hydrogen (secondary N) is 1. The standard InChI is InChI=1S/C8H11N5O2S/c1-5-12-6(4-16-5)7(8(14)15)10-2-3-11-13-9/h4,7,10H,2-3H2,1H3,(H,14,15). The molecule has 16 heavy (non-hydrogen) atoms. The van der Waals surface area contributed by atoms with Crippen LogP contribution >= 0.6 is 11.3 Å². The average molecular weight is 241 g/mol. The highest BCUT2D eigenvalue weighted by molar-refractivity contribution is 7.09. The zero-order valence-electron chi connectivity index (χ0n) is 8.62. The number of nitrogens with zero attached hydrogens (tertiary/aromatic N) is 4. The van der Waals surface area contributed by atoms with Gasteiger partial charge in [0, 0.05) is 23.4 Å². The van der Waals surface area contributed by atoms with E-state index < -0.39 is 12.0 Å². The molecule has 0 spiro atoms. The molecule has 0 radical (unpaired) electrons. The molecule has 7 nitrogen and oxygen atoms in total. The molecule has 1 rings (SSSR count). The smallest absolute Gasteiger partial charge is 0.327 e. The molecule has 0 fully saturated rings. The molecule has 1 atom stereocenters. The fourth-order valence-electron chi connectivity index (χ4n) is 1.13. The van der Waals surface area contributed by atoms with Gasteiger partial charge in [0.05, 0.1) is 10.7 Å². The van der Waals surface area contributed by atoms with E-state index in [1.54, 1.807) is 5.38 Å². The number of hydrogen-bond acceptors (Lipinski definition) is 5. The van der Waals surface area contributed by atoms with Gasteiger partial charge in [0.1, 0.15) is 6.04 Å².